The third-order valence-electron chi connectivity index (χ3n) is 3.47. The highest BCUT2D eigenvalue weighted by Gasteiger charge is 2.23. The number of nitrogens with zero attached hydrogens (tertiary/aromatic N) is 3. The monoisotopic (exact) mass is 280 g/mol. The topological polar surface area (TPSA) is 102 Å². The summed E-state index contributed by atoms with van der Waals surface area (Å²) in [5.41, 5.74) is -0.182. The van der Waals surface area contributed by atoms with E-state index in [1.165, 1.54) is 12.1 Å². The second kappa shape index (κ2) is 5.83. The van der Waals surface area contributed by atoms with Crippen molar-refractivity contribution in [1.82, 2.24) is 4.90 Å². The SMILES string of the molecule is CN1CCC(Nc2ccc([N+](=O)[O-])cc2[N+](=O)[O-])CC1. The molecule has 0 amide bonds. The van der Waals surface area contributed by atoms with Crippen LogP contribution in [0.3, 0.4) is 0 Å². The molecule has 1 saturated heterocycles. The summed E-state index contributed by atoms with van der Waals surface area (Å²) in [6.45, 7) is 1.86. The van der Waals surface area contributed by atoms with E-state index in [9.17, 15) is 20.2 Å². The van der Waals surface area contributed by atoms with Gasteiger partial charge >= 0.3 is 0 Å². The largest absolute Gasteiger partial charge is 0.377 e. The summed E-state index contributed by atoms with van der Waals surface area (Å²) in [6, 6.07) is 3.85. The average molecular weight is 280 g/mol. The molecule has 1 aliphatic rings. The predicted octanol–water partition coefficient (Wildman–Crippen LogP) is 2.01. The molecule has 1 aromatic carbocycles. The Balaban J connectivity index is 2.18. The number of rotatable bonds is 4. The molecule has 8 heteroatoms. The van der Waals surface area contributed by atoms with Gasteiger partial charge in [0.15, 0.2) is 0 Å². The fourth-order valence-corrected chi connectivity index (χ4v) is 2.28. The first-order chi connectivity index (χ1) is 9.47. The quantitative estimate of drug-likeness (QED) is 0.668. The molecule has 1 aromatic rings. The van der Waals surface area contributed by atoms with Gasteiger partial charge < -0.3 is 10.2 Å². The second-order valence-corrected chi connectivity index (χ2v) is 4.94. The number of nitro groups is 2. The molecular weight excluding hydrogens is 264 g/mol. The van der Waals surface area contributed by atoms with Crippen LogP contribution in [0, 0.1) is 20.2 Å². The van der Waals surface area contributed by atoms with Crippen molar-refractivity contribution in [3.8, 4) is 0 Å². The molecule has 1 heterocycles. The van der Waals surface area contributed by atoms with Crippen LogP contribution in [0.2, 0.25) is 0 Å². The molecule has 0 aliphatic carbocycles. The molecule has 8 nitrogen and oxygen atoms in total. The number of anilines is 1. The highest BCUT2D eigenvalue weighted by atomic mass is 16.6. The van der Waals surface area contributed by atoms with E-state index in [1.807, 2.05) is 7.05 Å². The lowest BCUT2D eigenvalue weighted by atomic mass is 10.0. The lowest BCUT2D eigenvalue weighted by Gasteiger charge is -2.29. The molecule has 0 atom stereocenters. The van der Waals surface area contributed by atoms with Crippen molar-refractivity contribution < 1.29 is 9.85 Å². The minimum absolute atomic E-state index is 0.159. The summed E-state index contributed by atoms with van der Waals surface area (Å²) in [6.07, 6.45) is 1.79. The van der Waals surface area contributed by atoms with Crippen molar-refractivity contribution in [1.29, 1.82) is 0 Å². The van der Waals surface area contributed by atoms with Gasteiger partial charge in [-0.2, -0.15) is 0 Å². The van der Waals surface area contributed by atoms with E-state index >= 15 is 0 Å². The molecule has 0 spiro atoms. The van der Waals surface area contributed by atoms with Crippen LogP contribution in [0.1, 0.15) is 12.8 Å². The van der Waals surface area contributed by atoms with Crippen molar-refractivity contribution in [2.75, 3.05) is 25.5 Å². The van der Waals surface area contributed by atoms with Crippen molar-refractivity contribution in [3.63, 3.8) is 0 Å². The summed E-state index contributed by atoms with van der Waals surface area (Å²) in [7, 11) is 2.03. The zero-order valence-electron chi connectivity index (χ0n) is 11.1. The van der Waals surface area contributed by atoms with Crippen LogP contribution in [0.25, 0.3) is 0 Å². The van der Waals surface area contributed by atoms with Crippen LogP contribution in [0.15, 0.2) is 18.2 Å². The molecule has 108 valence electrons. The smallest absolute Gasteiger partial charge is 0.299 e. The van der Waals surface area contributed by atoms with Crippen molar-refractivity contribution >= 4 is 17.1 Å². The maximum absolute atomic E-state index is 11.0. The number of nitrogens with one attached hydrogen (secondary N) is 1. The van der Waals surface area contributed by atoms with Crippen LogP contribution in [0.4, 0.5) is 17.1 Å². The zero-order chi connectivity index (χ0) is 14.7. The van der Waals surface area contributed by atoms with Gasteiger partial charge in [0.2, 0.25) is 0 Å². The number of benzene rings is 1. The van der Waals surface area contributed by atoms with Crippen LogP contribution >= 0.6 is 0 Å². The maximum atomic E-state index is 11.0. The summed E-state index contributed by atoms with van der Waals surface area (Å²) in [5.74, 6) is 0. The first-order valence-corrected chi connectivity index (χ1v) is 6.35. The second-order valence-electron chi connectivity index (χ2n) is 4.94. The van der Waals surface area contributed by atoms with Gasteiger partial charge in [0.25, 0.3) is 11.4 Å². The van der Waals surface area contributed by atoms with Crippen molar-refractivity contribution in [2.45, 2.75) is 18.9 Å². The number of likely N-dealkylation sites (tertiary alicyclic amines) is 1. The van der Waals surface area contributed by atoms with Gasteiger partial charge in [-0.05, 0) is 39.0 Å². The van der Waals surface area contributed by atoms with Crippen LogP contribution in [0.5, 0.6) is 0 Å². The lowest BCUT2D eigenvalue weighted by molar-refractivity contribution is -0.393. The molecule has 1 aliphatic heterocycles. The minimum Gasteiger partial charge on any atom is -0.377 e. The Labute approximate surface area is 115 Å². The van der Waals surface area contributed by atoms with E-state index in [0.717, 1.165) is 32.0 Å². The Morgan fingerprint density at radius 1 is 1.20 bits per heavy atom. The van der Waals surface area contributed by atoms with Gasteiger partial charge in [0, 0.05) is 12.1 Å². The normalized spacial score (nSPS) is 16.9. The molecule has 0 aromatic heterocycles. The van der Waals surface area contributed by atoms with Gasteiger partial charge in [0.05, 0.1) is 15.9 Å². The molecular formula is C12H16N4O4. The Hall–Kier alpha value is -2.22. The predicted molar refractivity (Wildman–Crippen MR) is 73.9 cm³/mol. The first-order valence-electron chi connectivity index (χ1n) is 6.35. The van der Waals surface area contributed by atoms with Crippen LogP contribution in [-0.4, -0.2) is 40.9 Å². The van der Waals surface area contributed by atoms with E-state index in [-0.39, 0.29) is 17.4 Å². The Morgan fingerprint density at radius 2 is 1.85 bits per heavy atom. The molecule has 1 fully saturated rings. The zero-order valence-corrected chi connectivity index (χ0v) is 11.1. The first kappa shape index (κ1) is 14.2. The molecule has 20 heavy (non-hydrogen) atoms. The van der Waals surface area contributed by atoms with Gasteiger partial charge in [0.1, 0.15) is 5.69 Å². The Morgan fingerprint density at radius 3 is 2.40 bits per heavy atom. The molecule has 0 unspecified atom stereocenters. The number of hydrogen-bond donors (Lipinski definition) is 1. The number of piperidine rings is 1. The number of nitro benzene ring substituents is 2. The summed E-state index contributed by atoms with van der Waals surface area (Å²) in [5, 5.41) is 24.8. The highest BCUT2D eigenvalue weighted by Crippen LogP contribution is 2.30. The molecule has 0 radical (unpaired) electrons. The third-order valence-corrected chi connectivity index (χ3v) is 3.47. The van der Waals surface area contributed by atoms with Gasteiger partial charge in [-0.25, -0.2) is 0 Å². The van der Waals surface area contributed by atoms with Crippen molar-refractivity contribution in [2.24, 2.45) is 0 Å². The minimum atomic E-state index is -0.633. The van der Waals surface area contributed by atoms with Gasteiger partial charge in [-0.3, -0.25) is 20.2 Å². The standard InChI is InChI=1S/C12H16N4O4/c1-14-6-4-9(5-7-14)13-11-3-2-10(15(17)18)8-12(11)16(19)20/h2-3,8-9,13H,4-7H2,1H3. The van der Waals surface area contributed by atoms with E-state index in [0.29, 0.717) is 5.69 Å². The Bertz CT molecular complexity index is 526. The highest BCUT2D eigenvalue weighted by molar-refractivity contribution is 5.65. The fraction of sp³-hybridized carbons (Fsp3) is 0.500. The molecule has 1 N–H and O–H groups in total. The molecule has 0 bridgehead atoms. The summed E-state index contributed by atoms with van der Waals surface area (Å²) in [4.78, 5) is 22.7. The van der Waals surface area contributed by atoms with Crippen LogP contribution < -0.4 is 5.32 Å². The lowest BCUT2D eigenvalue weighted by Crippen LogP contribution is -2.36. The summed E-state index contributed by atoms with van der Waals surface area (Å²) < 4.78 is 0. The van der Waals surface area contributed by atoms with Crippen LogP contribution in [-0.2, 0) is 0 Å². The van der Waals surface area contributed by atoms with E-state index in [2.05, 4.69) is 10.2 Å². The third kappa shape index (κ3) is 3.21. The number of non-ortho nitro benzene ring substituents is 1. The van der Waals surface area contributed by atoms with Crippen molar-refractivity contribution in [3.05, 3.63) is 38.4 Å². The van der Waals surface area contributed by atoms with Gasteiger partial charge in [-0.15, -0.1) is 0 Å². The number of hydrogen-bond acceptors (Lipinski definition) is 6. The van der Waals surface area contributed by atoms with E-state index in [4.69, 9.17) is 0 Å². The average Bonchev–Trinajstić information content (AvgIpc) is 2.41. The maximum Gasteiger partial charge on any atom is 0.299 e. The molecule has 0 saturated carbocycles. The fourth-order valence-electron chi connectivity index (χ4n) is 2.28. The molecule has 2 rings (SSSR count). The van der Waals surface area contributed by atoms with Gasteiger partial charge in [-0.1, -0.05) is 0 Å². The van der Waals surface area contributed by atoms with E-state index in [1.54, 1.807) is 0 Å². The summed E-state index contributed by atoms with van der Waals surface area (Å²) >= 11 is 0. The van der Waals surface area contributed by atoms with E-state index < -0.39 is 9.85 Å². The Kier molecular flexibility index (Phi) is 4.14.